The average Bonchev–Trinajstić information content (AvgIpc) is 2.56. The maximum absolute atomic E-state index is 14.1. The van der Waals surface area contributed by atoms with Gasteiger partial charge in [-0.2, -0.15) is 13.2 Å². The number of hydrogen-bond acceptors (Lipinski definition) is 2. The normalized spacial score (nSPS) is 14.1. The van der Waals surface area contributed by atoms with Gasteiger partial charge in [0, 0.05) is 5.56 Å². The lowest BCUT2D eigenvalue weighted by atomic mass is 9.94. The van der Waals surface area contributed by atoms with Gasteiger partial charge in [0.15, 0.2) is 0 Å². The highest BCUT2D eigenvalue weighted by Gasteiger charge is 2.34. The van der Waals surface area contributed by atoms with Gasteiger partial charge in [-0.15, -0.1) is 0 Å². The summed E-state index contributed by atoms with van der Waals surface area (Å²) in [7, 11) is 0. The second-order valence-corrected chi connectivity index (χ2v) is 4.95. The molecule has 0 bridgehead atoms. The van der Waals surface area contributed by atoms with Crippen LogP contribution in [-0.4, -0.2) is 17.0 Å². The zero-order valence-electron chi connectivity index (χ0n) is 14.7. The molecule has 0 fully saturated rings. The Kier molecular flexibility index (Phi) is 9.51. The van der Waals surface area contributed by atoms with Crippen LogP contribution in [0.3, 0.4) is 0 Å². The number of alkyl halides is 3. The molecule has 0 aliphatic heterocycles. The molecule has 136 valence electrons. The Morgan fingerprint density at radius 2 is 1.88 bits per heavy atom. The Morgan fingerprint density at radius 3 is 2.25 bits per heavy atom. The fourth-order valence-electron chi connectivity index (χ4n) is 1.92. The number of hydrogen-bond donors (Lipinski definition) is 1. The van der Waals surface area contributed by atoms with Crippen LogP contribution >= 0.6 is 0 Å². The number of halogens is 4. The van der Waals surface area contributed by atoms with Gasteiger partial charge in [-0.05, 0) is 37.0 Å². The summed E-state index contributed by atoms with van der Waals surface area (Å²) >= 11 is 0. The summed E-state index contributed by atoms with van der Waals surface area (Å²) in [6, 6.07) is 3.94. The molecule has 0 saturated carbocycles. The molecule has 1 N–H and O–H groups in total. The van der Waals surface area contributed by atoms with E-state index in [2.05, 4.69) is 4.99 Å². The van der Waals surface area contributed by atoms with Crippen LogP contribution in [0.15, 0.2) is 35.0 Å². The van der Waals surface area contributed by atoms with Crippen LogP contribution in [0.1, 0.15) is 52.2 Å². The summed E-state index contributed by atoms with van der Waals surface area (Å²) in [4.78, 5) is 3.67. The zero-order chi connectivity index (χ0) is 18.9. The summed E-state index contributed by atoms with van der Waals surface area (Å²) in [5.41, 5.74) is -0.620. The van der Waals surface area contributed by atoms with Crippen molar-refractivity contribution in [1.29, 1.82) is 0 Å². The van der Waals surface area contributed by atoms with Crippen LogP contribution in [-0.2, 0) is 6.61 Å². The maximum atomic E-state index is 14.1. The van der Waals surface area contributed by atoms with Gasteiger partial charge in [0.2, 0.25) is 0 Å². The van der Waals surface area contributed by atoms with Gasteiger partial charge in [0.1, 0.15) is 11.5 Å². The number of rotatable bonds is 5. The van der Waals surface area contributed by atoms with E-state index in [0.29, 0.717) is 12.0 Å². The van der Waals surface area contributed by atoms with Crippen molar-refractivity contribution in [2.24, 2.45) is 10.9 Å². The molecule has 0 aliphatic carbocycles. The van der Waals surface area contributed by atoms with Crippen LogP contribution in [0.2, 0.25) is 0 Å². The van der Waals surface area contributed by atoms with Crippen molar-refractivity contribution in [2.75, 3.05) is 0 Å². The molecule has 6 heteroatoms. The third-order valence-corrected chi connectivity index (χ3v) is 3.38. The second-order valence-electron chi connectivity index (χ2n) is 4.95. The lowest BCUT2D eigenvalue weighted by Crippen LogP contribution is -2.18. The summed E-state index contributed by atoms with van der Waals surface area (Å²) in [5, 5.41) is 8.98. The van der Waals surface area contributed by atoms with Crippen molar-refractivity contribution in [3.63, 3.8) is 0 Å². The predicted octanol–water partition coefficient (Wildman–Crippen LogP) is 5.65. The molecule has 0 amide bonds. The molecule has 1 rings (SSSR count). The lowest BCUT2D eigenvalue weighted by Gasteiger charge is -2.16. The highest BCUT2D eigenvalue weighted by Crippen LogP contribution is 2.29. The third-order valence-electron chi connectivity index (χ3n) is 3.38. The lowest BCUT2D eigenvalue weighted by molar-refractivity contribution is -0.0924. The fraction of sp³-hybridized carbons (Fsp3) is 0.500. The fourth-order valence-corrected chi connectivity index (χ4v) is 1.92. The monoisotopic (exact) mass is 347 g/mol. The largest absolute Gasteiger partial charge is 0.433 e. The highest BCUT2D eigenvalue weighted by atomic mass is 19.4. The first-order valence-corrected chi connectivity index (χ1v) is 7.96. The standard InChI is InChI=1S/C16H19F4NO.C2H6/c1-4-10(3)15(21-14(5-2)16(18,19)20)12-7-6-11(9-22)8-13(12)17;1-2/h5-8,10,22H,4,9H2,1-3H3;1-2H3/b14-5-,21-15?;. The van der Waals surface area contributed by atoms with E-state index in [1.807, 2.05) is 13.8 Å². The molecule has 0 spiro atoms. The summed E-state index contributed by atoms with van der Waals surface area (Å²) in [6.45, 7) is 8.40. The molecule has 0 saturated heterocycles. The van der Waals surface area contributed by atoms with E-state index in [-0.39, 0.29) is 23.8 Å². The Hall–Kier alpha value is -1.69. The Morgan fingerprint density at radius 1 is 1.29 bits per heavy atom. The molecule has 24 heavy (non-hydrogen) atoms. The number of aliphatic imine (C=N–C) groups is 1. The SMILES string of the molecule is C/C=C(\N=C(c1ccc(CO)cc1F)C(C)CC)C(F)(F)F.CC. The van der Waals surface area contributed by atoms with Crippen LogP contribution in [0.4, 0.5) is 17.6 Å². The Bertz CT molecular complexity index is 577. The predicted molar refractivity (Wildman–Crippen MR) is 89.5 cm³/mol. The quantitative estimate of drug-likeness (QED) is 0.542. The molecule has 1 aromatic rings. The molecule has 1 unspecified atom stereocenters. The molecular formula is C18H25F4NO. The van der Waals surface area contributed by atoms with Crippen LogP contribution in [0, 0.1) is 11.7 Å². The van der Waals surface area contributed by atoms with Gasteiger partial charge in [-0.3, -0.25) is 0 Å². The van der Waals surface area contributed by atoms with E-state index in [4.69, 9.17) is 5.11 Å². The summed E-state index contributed by atoms with van der Waals surface area (Å²) in [5.74, 6) is -1.03. The van der Waals surface area contributed by atoms with E-state index in [0.717, 1.165) is 12.1 Å². The van der Waals surface area contributed by atoms with E-state index >= 15 is 0 Å². The molecule has 0 aromatic heterocycles. The van der Waals surface area contributed by atoms with Gasteiger partial charge in [-0.25, -0.2) is 9.38 Å². The minimum absolute atomic E-state index is 0.0233. The van der Waals surface area contributed by atoms with E-state index in [9.17, 15) is 17.6 Å². The maximum Gasteiger partial charge on any atom is 0.433 e. The minimum Gasteiger partial charge on any atom is -0.392 e. The first kappa shape index (κ1) is 22.3. The van der Waals surface area contributed by atoms with E-state index in [1.165, 1.54) is 19.1 Å². The Balaban J connectivity index is 0.00000254. The Labute approximate surface area is 140 Å². The number of aliphatic hydroxyl groups excluding tert-OH is 1. The van der Waals surface area contributed by atoms with E-state index in [1.54, 1.807) is 13.8 Å². The van der Waals surface area contributed by atoms with Crippen molar-refractivity contribution in [1.82, 2.24) is 0 Å². The number of nitrogens with zero attached hydrogens (tertiary/aromatic N) is 1. The molecular weight excluding hydrogens is 322 g/mol. The zero-order valence-corrected chi connectivity index (χ0v) is 14.7. The van der Waals surface area contributed by atoms with Crippen molar-refractivity contribution >= 4 is 5.71 Å². The van der Waals surface area contributed by atoms with Crippen LogP contribution < -0.4 is 0 Å². The van der Waals surface area contributed by atoms with Gasteiger partial charge in [0.05, 0.1) is 12.3 Å². The number of allylic oxidation sites excluding steroid dienone is 2. The van der Waals surface area contributed by atoms with Gasteiger partial charge in [0.25, 0.3) is 0 Å². The molecule has 0 heterocycles. The van der Waals surface area contributed by atoms with Crippen molar-refractivity contribution < 1.29 is 22.7 Å². The van der Waals surface area contributed by atoms with Crippen molar-refractivity contribution in [2.45, 2.75) is 53.8 Å². The van der Waals surface area contributed by atoms with Crippen molar-refractivity contribution in [3.05, 3.63) is 46.9 Å². The first-order valence-electron chi connectivity index (χ1n) is 7.96. The van der Waals surface area contributed by atoms with Gasteiger partial charge >= 0.3 is 6.18 Å². The topological polar surface area (TPSA) is 32.6 Å². The van der Waals surface area contributed by atoms with Crippen LogP contribution in [0.5, 0.6) is 0 Å². The third kappa shape index (κ3) is 6.07. The summed E-state index contributed by atoms with van der Waals surface area (Å²) < 4.78 is 52.8. The minimum atomic E-state index is -4.59. The molecule has 1 aromatic carbocycles. The van der Waals surface area contributed by atoms with Crippen LogP contribution in [0.25, 0.3) is 0 Å². The van der Waals surface area contributed by atoms with E-state index < -0.39 is 17.7 Å². The second kappa shape index (κ2) is 10.2. The average molecular weight is 347 g/mol. The van der Waals surface area contributed by atoms with Crippen molar-refractivity contribution in [3.8, 4) is 0 Å². The molecule has 0 radical (unpaired) electrons. The highest BCUT2D eigenvalue weighted by molar-refractivity contribution is 6.03. The van der Waals surface area contributed by atoms with Gasteiger partial charge in [-0.1, -0.05) is 39.8 Å². The first-order chi connectivity index (χ1) is 11.2. The molecule has 0 aliphatic rings. The summed E-state index contributed by atoms with van der Waals surface area (Å²) in [6.07, 6.45) is -3.20. The number of benzene rings is 1. The molecule has 2 nitrogen and oxygen atoms in total. The molecule has 1 atom stereocenters. The van der Waals surface area contributed by atoms with Gasteiger partial charge < -0.3 is 5.11 Å². The smallest absolute Gasteiger partial charge is 0.392 e. The number of aliphatic hydroxyl groups is 1.